The summed E-state index contributed by atoms with van der Waals surface area (Å²) in [6.45, 7) is 3.58. The molecule has 2 rings (SSSR count). The molecular weight excluding hydrogens is 340 g/mol. The number of nitro groups is 1. The molecule has 0 unspecified atom stereocenters. The lowest BCUT2D eigenvalue weighted by molar-refractivity contribution is -0.387. The van der Waals surface area contributed by atoms with Gasteiger partial charge in [-0.3, -0.25) is 14.4 Å². The van der Waals surface area contributed by atoms with Crippen LogP contribution in [-0.4, -0.2) is 19.9 Å². The van der Waals surface area contributed by atoms with Crippen molar-refractivity contribution in [3.63, 3.8) is 0 Å². The van der Waals surface area contributed by atoms with Crippen molar-refractivity contribution in [3.05, 3.63) is 63.2 Å². The molecule has 0 amide bonds. The Kier molecular flexibility index (Phi) is 4.91. The maximum absolute atomic E-state index is 12.9. The van der Waals surface area contributed by atoms with Crippen LogP contribution in [-0.2, 0) is 10.0 Å². The second-order valence-corrected chi connectivity index (χ2v) is 7.07. The van der Waals surface area contributed by atoms with Gasteiger partial charge in [-0.15, -0.1) is 0 Å². The quantitative estimate of drug-likeness (QED) is 0.604. The van der Waals surface area contributed by atoms with Crippen molar-refractivity contribution in [3.8, 4) is 0 Å². The molecule has 0 saturated carbocycles. The fourth-order valence-corrected chi connectivity index (χ4v) is 3.97. The molecular formula is C15H15ClN2O4S. The zero-order chi connectivity index (χ0) is 17.2. The molecule has 8 heteroatoms. The summed E-state index contributed by atoms with van der Waals surface area (Å²) in [7, 11) is -4.08. The first-order valence-corrected chi connectivity index (χ1v) is 8.63. The number of nitrogens with zero attached hydrogens (tertiary/aromatic N) is 2. The van der Waals surface area contributed by atoms with Gasteiger partial charge in [0.15, 0.2) is 4.90 Å². The molecule has 2 aromatic rings. The topological polar surface area (TPSA) is 80.5 Å². The summed E-state index contributed by atoms with van der Waals surface area (Å²) in [4.78, 5) is 10.1. The molecule has 2 aromatic carbocycles. The zero-order valence-electron chi connectivity index (χ0n) is 12.6. The van der Waals surface area contributed by atoms with Gasteiger partial charge in [0.2, 0.25) is 0 Å². The third-order valence-electron chi connectivity index (χ3n) is 3.36. The molecule has 0 aromatic heterocycles. The summed E-state index contributed by atoms with van der Waals surface area (Å²) >= 11 is 6.06. The van der Waals surface area contributed by atoms with E-state index in [2.05, 4.69) is 0 Å². The Labute approximate surface area is 139 Å². The predicted octanol–water partition coefficient (Wildman–Crippen LogP) is 3.77. The van der Waals surface area contributed by atoms with Crippen LogP contribution >= 0.6 is 11.6 Å². The molecule has 0 fully saturated rings. The molecule has 0 N–H and O–H groups in total. The molecule has 0 atom stereocenters. The van der Waals surface area contributed by atoms with Gasteiger partial charge in [0, 0.05) is 17.6 Å². The van der Waals surface area contributed by atoms with Gasteiger partial charge in [0.1, 0.15) is 0 Å². The van der Waals surface area contributed by atoms with Gasteiger partial charge in [0.25, 0.3) is 15.7 Å². The van der Waals surface area contributed by atoms with Crippen molar-refractivity contribution in [1.29, 1.82) is 0 Å². The summed E-state index contributed by atoms with van der Waals surface area (Å²) in [5.41, 5.74) is 0.722. The third-order valence-corrected chi connectivity index (χ3v) is 5.72. The number of nitro benzene ring substituents is 1. The van der Waals surface area contributed by atoms with Gasteiger partial charge >= 0.3 is 0 Å². The third kappa shape index (κ3) is 3.30. The maximum Gasteiger partial charge on any atom is 0.289 e. The lowest BCUT2D eigenvalue weighted by Crippen LogP contribution is -2.31. The number of benzene rings is 2. The van der Waals surface area contributed by atoms with E-state index in [1.807, 2.05) is 0 Å². The van der Waals surface area contributed by atoms with E-state index >= 15 is 0 Å². The van der Waals surface area contributed by atoms with Gasteiger partial charge in [-0.05, 0) is 37.6 Å². The van der Waals surface area contributed by atoms with Gasteiger partial charge in [-0.1, -0.05) is 29.8 Å². The number of aryl methyl sites for hydroxylation is 1. The van der Waals surface area contributed by atoms with E-state index in [0.29, 0.717) is 10.7 Å². The summed E-state index contributed by atoms with van der Waals surface area (Å²) < 4.78 is 26.8. The van der Waals surface area contributed by atoms with E-state index < -0.39 is 20.6 Å². The highest BCUT2D eigenvalue weighted by Crippen LogP contribution is 2.31. The van der Waals surface area contributed by atoms with Crippen LogP contribution in [0.15, 0.2) is 47.4 Å². The van der Waals surface area contributed by atoms with E-state index in [4.69, 9.17) is 11.6 Å². The van der Waals surface area contributed by atoms with Crippen LogP contribution < -0.4 is 4.31 Å². The van der Waals surface area contributed by atoms with E-state index in [1.54, 1.807) is 26.0 Å². The van der Waals surface area contributed by atoms with Gasteiger partial charge in [0.05, 0.1) is 10.6 Å². The minimum absolute atomic E-state index is 0.119. The Morgan fingerprint density at radius 1 is 1.22 bits per heavy atom. The van der Waals surface area contributed by atoms with Gasteiger partial charge < -0.3 is 0 Å². The molecule has 23 heavy (non-hydrogen) atoms. The lowest BCUT2D eigenvalue weighted by atomic mass is 10.2. The first-order valence-electron chi connectivity index (χ1n) is 6.81. The molecule has 0 saturated heterocycles. The van der Waals surface area contributed by atoms with Gasteiger partial charge in [-0.2, -0.15) is 0 Å². The zero-order valence-corrected chi connectivity index (χ0v) is 14.1. The molecule has 0 heterocycles. The first kappa shape index (κ1) is 17.2. The van der Waals surface area contributed by atoms with E-state index in [1.165, 1.54) is 30.3 Å². The standard InChI is InChI=1S/C15H15ClN2O4S/c1-3-17(12-9-8-11(2)13(16)10-12)23(21,22)15-7-5-4-6-14(15)18(19)20/h4-10H,3H2,1-2H3. The second kappa shape index (κ2) is 6.55. The van der Waals surface area contributed by atoms with Gasteiger partial charge in [-0.25, -0.2) is 8.42 Å². The molecule has 0 aliphatic heterocycles. The van der Waals surface area contributed by atoms with Crippen molar-refractivity contribution >= 4 is 33.0 Å². The minimum atomic E-state index is -4.08. The molecule has 6 nitrogen and oxygen atoms in total. The second-order valence-electron chi connectivity index (χ2n) is 4.83. The summed E-state index contributed by atoms with van der Waals surface area (Å²) in [6, 6.07) is 10.1. The van der Waals surface area contributed by atoms with E-state index in [0.717, 1.165) is 9.87 Å². The van der Waals surface area contributed by atoms with Crippen LogP contribution in [0.4, 0.5) is 11.4 Å². The fourth-order valence-electron chi connectivity index (χ4n) is 2.17. The largest absolute Gasteiger partial charge is 0.289 e. The summed E-state index contributed by atoms with van der Waals surface area (Å²) in [5, 5.41) is 11.5. The Morgan fingerprint density at radius 2 is 1.87 bits per heavy atom. The SMILES string of the molecule is CCN(c1ccc(C)c(Cl)c1)S(=O)(=O)c1ccccc1[N+](=O)[O-]. The Hall–Kier alpha value is -2.12. The highest BCUT2D eigenvalue weighted by Gasteiger charge is 2.30. The number of hydrogen-bond donors (Lipinski definition) is 0. The molecule has 0 spiro atoms. The van der Waals surface area contributed by atoms with Crippen LogP contribution in [0.2, 0.25) is 5.02 Å². The maximum atomic E-state index is 12.9. The minimum Gasteiger partial charge on any atom is -0.266 e. The Morgan fingerprint density at radius 3 is 2.43 bits per heavy atom. The van der Waals surface area contributed by atoms with Crippen LogP contribution in [0, 0.1) is 17.0 Å². The van der Waals surface area contributed by atoms with Crippen molar-refractivity contribution in [2.45, 2.75) is 18.7 Å². The Balaban J connectivity index is 2.60. The van der Waals surface area contributed by atoms with E-state index in [9.17, 15) is 18.5 Å². The number of hydrogen-bond acceptors (Lipinski definition) is 4. The number of rotatable bonds is 5. The van der Waals surface area contributed by atoms with Crippen LogP contribution in [0.3, 0.4) is 0 Å². The molecule has 0 aliphatic carbocycles. The summed E-state index contributed by atoms with van der Waals surface area (Å²) in [6.07, 6.45) is 0. The normalized spacial score (nSPS) is 11.3. The lowest BCUT2D eigenvalue weighted by Gasteiger charge is -2.23. The number of sulfonamides is 1. The molecule has 122 valence electrons. The monoisotopic (exact) mass is 354 g/mol. The van der Waals surface area contributed by atoms with E-state index in [-0.39, 0.29) is 11.4 Å². The number of anilines is 1. The van der Waals surface area contributed by atoms with Crippen molar-refractivity contribution in [2.24, 2.45) is 0 Å². The van der Waals surface area contributed by atoms with Crippen LogP contribution in [0.5, 0.6) is 0 Å². The van der Waals surface area contributed by atoms with Crippen molar-refractivity contribution in [1.82, 2.24) is 0 Å². The van der Waals surface area contributed by atoms with Crippen LogP contribution in [0.25, 0.3) is 0 Å². The van der Waals surface area contributed by atoms with Crippen molar-refractivity contribution < 1.29 is 13.3 Å². The number of halogens is 1. The average molecular weight is 355 g/mol. The average Bonchev–Trinajstić information content (AvgIpc) is 2.51. The van der Waals surface area contributed by atoms with Crippen LogP contribution in [0.1, 0.15) is 12.5 Å². The highest BCUT2D eigenvalue weighted by atomic mass is 35.5. The number of para-hydroxylation sites is 1. The molecule has 0 bridgehead atoms. The molecule has 0 radical (unpaired) electrons. The first-order chi connectivity index (χ1) is 10.8. The molecule has 0 aliphatic rings. The predicted molar refractivity (Wildman–Crippen MR) is 89.5 cm³/mol. The van der Waals surface area contributed by atoms with Crippen molar-refractivity contribution in [2.75, 3.05) is 10.8 Å². The highest BCUT2D eigenvalue weighted by molar-refractivity contribution is 7.93. The Bertz CT molecular complexity index is 852. The smallest absolute Gasteiger partial charge is 0.266 e. The fraction of sp³-hybridized carbons (Fsp3) is 0.200. The summed E-state index contributed by atoms with van der Waals surface area (Å²) in [5.74, 6) is 0.